The van der Waals surface area contributed by atoms with Crippen LogP contribution < -0.4 is 5.32 Å². The predicted octanol–water partition coefficient (Wildman–Crippen LogP) is -0.0607. The average molecular weight is 297 g/mol. The van der Waals surface area contributed by atoms with Crippen molar-refractivity contribution >= 4 is 11.8 Å². The molecule has 0 aliphatic carbocycles. The zero-order valence-corrected chi connectivity index (χ0v) is 13.1. The molecule has 0 bridgehead atoms. The minimum atomic E-state index is -0.468. The molecule has 2 aliphatic heterocycles. The number of carbonyl (C=O) groups is 2. The summed E-state index contributed by atoms with van der Waals surface area (Å²) >= 11 is 0. The van der Waals surface area contributed by atoms with Gasteiger partial charge in [0, 0.05) is 39.3 Å². The summed E-state index contributed by atoms with van der Waals surface area (Å²) in [5.41, 5.74) is 0. The molecule has 0 aromatic heterocycles. The van der Waals surface area contributed by atoms with Gasteiger partial charge in [-0.1, -0.05) is 13.8 Å². The van der Waals surface area contributed by atoms with E-state index in [1.165, 1.54) is 0 Å². The van der Waals surface area contributed by atoms with Crippen molar-refractivity contribution in [3.05, 3.63) is 0 Å². The first-order valence-electron chi connectivity index (χ1n) is 7.93. The van der Waals surface area contributed by atoms with Gasteiger partial charge in [-0.25, -0.2) is 0 Å². The Labute approximate surface area is 126 Å². The van der Waals surface area contributed by atoms with E-state index in [1.807, 2.05) is 0 Å². The van der Waals surface area contributed by atoms with E-state index in [4.69, 9.17) is 4.74 Å². The molecular formula is C15H27N3O3. The SMILES string of the molecule is CC1CC(C)CN(C(=O)C(=O)NCCN2CCOCC2)C1. The van der Waals surface area contributed by atoms with Crippen molar-refractivity contribution in [2.45, 2.75) is 20.3 Å². The molecule has 6 heteroatoms. The standard InChI is InChI=1S/C15H27N3O3/c1-12-9-13(2)11-18(10-12)15(20)14(19)16-3-4-17-5-7-21-8-6-17/h12-13H,3-11H2,1-2H3,(H,16,19). The van der Waals surface area contributed by atoms with Crippen LogP contribution in [0.4, 0.5) is 0 Å². The second kappa shape index (κ2) is 7.75. The number of nitrogens with one attached hydrogen (secondary N) is 1. The molecule has 0 radical (unpaired) electrons. The minimum Gasteiger partial charge on any atom is -0.379 e. The molecule has 21 heavy (non-hydrogen) atoms. The van der Waals surface area contributed by atoms with Gasteiger partial charge in [-0.3, -0.25) is 14.5 Å². The Morgan fingerprint density at radius 2 is 1.76 bits per heavy atom. The maximum Gasteiger partial charge on any atom is 0.311 e. The molecule has 2 heterocycles. The van der Waals surface area contributed by atoms with Crippen LogP contribution in [0.1, 0.15) is 20.3 Å². The first-order chi connectivity index (χ1) is 10.1. The van der Waals surface area contributed by atoms with E-state index < -0.39 is 5.91 Å². The van der Waals surface area contributed by atoms with E-state index in [0.29, 0.717) is 31.5 Å². The van der Waals surface area contributed by atoms with Gasteiger partial charge in [0.25, 0.3) is 0 Å². The highest BCUT2D eigenvalue weighted by Crippen LogP contribution is 2.20. The lowest BCUT2D eigenvalue weighted by molar-refractivity contribution is -0.147. The molecule has 6 nitrogen and oxygen atoms in total. The Balaban J connectivity index is 1.70. The van der Waals surface area contributed by atoms with E-state index in [2.05, 4.69) is 24.1 Å². The topological polar surface area (TPSA) is 61.9 Å². The highest BCUT2D eigenvalue weighted by atomic mass is 16.5. The van der Waals surface area contributed by atoms with Gasteiger partial charge in [-0.05, 0) is 18.3 Å². The molecule has 0 saturated carbocycles. The summed E-state index contributed by atoms with van der Waals surface area (Å²) in [5, 5.41) is 2.74. The molecular weight excluding hydrogens is 270 g/mol. The van der Waals surface area contributed by atoms with Crippen molar-refractivity contribution < 1.29 is 14.3 Å². The third-order valence-electron chi connectivity index (χ3n) is 4.17. The van der Waals surface area contributed by atoms with Crippen LogP contribution in [0.15, 0.2) is 0 Å². The summed E-state index contributed by atoms with van der Waals surface area (Å²) in [6.45, 7) is 10.2. The van der Waals surface area contributed by atoms with Gasteiger partial charge in [-0.15, -0.1) is 0 Å². The molecule has 1 N–H and O–H groups in total. The van der Waals surface area contributed by atoms with E-state index in [1.54, 1.807) is 4.90 Å². The molecule has 2 unspecified atom stereocenters. The fourth-order valence-electron chi connectivity index (χ4n) is 3.20. The summed E-state index contributed by atoms with van der Waals surface area (Å²) in [6.07, 6.45) is 1.13. The third-order valence-corrected chi connectivity index (χ3v) is 4.17. The number of nitrogens with zero attached hydrogens (tertiary/aromatic N) is 2. The molecule has 2 aliphatic rings. The van der Waals surface area contributed by atoms with Crippen LogP contribution in [-0.2, 0) is 14.3 Å². The maximum absolute atomic E-state index is 12.2. The van der Waals surface area contributed by atoms with Crippen LogP contribution in [-0.4, -0.2) is 74.1 Å². The molecule has 0 aromatic carbocycles. The number of carbonyl (C=O) groups excluding carboxylic acids is 2. The Bertz CT molecular complexity index is 359. The number of morpholine rings is 1. The van der Waals surface area contributed by atoms with Crippen molar-refractivity contribution in [3.8, 4) is 0 Å². The van der Waals surface area contributed by atoms with E-state index in [-0.39, 0.29) is 5.91 Å². The highest BCUT2D eigenvalue weighted by molar-refractivity contribution is 6.35. The second-order valence-electron chi connectivity index (χ2n) is 6.37. The quantitative estimate of drug-likeness (QED) is 0.741. The molecule has 2 fully saturated rings. The molecule has 2 atom stereocenters. The van der Waals surface area contributed by atoms with Gasteiger partial charge in [0.15, 0.2) is 0 Å². The van der Waals surface area contributed by atoms with Crippen molar-refractivity contribution in [2.75, 3.05) is 52.5 Å². The molecule has 2 saturated heterocycles. The van der Waals surface area contributed by atoms with Gasteiger partial charge in [-0.2, -0.15) is 0 Å². The fourth-order valence-corrected chi connectivity index (χ4v) is 3.20. The number of piperidine rings is 1. The summed E-state index contributed by atoms with van der Waals surface area (Å²) in [4.78, 5) is 28.0. The zero-order chi connectivity index (χ0) is 15.2. The number of likely N-dealkylation sites (tertiary alicyclic amines) is 1. The lowest BCUT2D eigenvalue weighted by Crippen LogP contribution is -2.50. The maximum atomic E-state index is 12.2. The molecule has 2 rings (SSSR count). The van der Waals surface area contributed by atoms with Crippen LogP contribution in [0.3, 0.4) is 0 Å². The smallest absolute Gasteiger partial charge is 0.311 e. The Kier molecular flexibility index (Phi) is 5.99. The van der Waals surface area contributed by atoms with Crippen molar-refractivity contribution in [2.24, 2.45) is 11.8 Å². The summed E-state index contributed by atoms with van der Waals surface area (Å²) in [6, 6.07) is 0. The van der Waals surface area contributed by atoms with E-state index >= 15 is 0 Å². The van der Waals surface area contributed by atoms with Crippen LogP contribution in [0.5, 0.6) is 0 Å². The van der Waals surface area contributed by atoms with Crippen LogP contribution in [0, 0.1) is 11.8 Å². The van der Waals surface area contributed by atoms with Crippen molar-refractivity contribution in [1.29, 1.82) is 0 Å². The Morgan fingerprint density at radius 1 is 1.14 bits per heavy atom. The van der Waals surface area contributed by atoms with Crippen LogP contribution in [0.2, 0.25) is 0 Å². The van der Waals surface area contributed by atoms with E-state index in [0.717, 1.165) is 39.3 Å². The molecule has 2 amide bonds. The first-order valence-corrected chi connectivity index (χ1v) is 7.93. The fraction of sp³-hybridized carbons (Fsp3) is 0.867. The predicted molar refractivity (Wildman–Crippen MR) is 79.8 cm³/mol. The number of hydrogen-bond acceptors (Lipinski definition) is 4. The monoisotopic (exact) mass is 297 g/mol. The summed E-state index contributed by atoms with van der Waals surface area (Å²) in [7, 11) is 0. The molecule has 0 spiro atoms. The number of ether oxygens (including phenoxy) is 1. The average Bonchev–Trinajstić information content (AvgIpc) is 2.46. The minimum absolute atomic E-state index is 0.379. The van der Waals surface area contributed by atoms with Gasteiger partial charge < -0.3 is 15.0 Å². The highest BCUT2D eigenvalue weighted by Gasteiger charge is 2.29. The van der Waals surface area contributed by atoms with Crippen molar-refractivity contribution in [1.82, 2.24) is 15.1 Å². The second-order valence-corrected chi connectivity index (χ2v) is 6.37. The summed E-state index contributed by atoms with van der Waals surface area (Å²) < 4.78 is 5.27. The lowest BCUT2D eigenvalue weighted by Gasteiger charge is -2.34. The number of amides is 2. The number of rotatable bonds is 3. The molecule has 0 aromatic rings. The van der Waals surface area contributed by atoms with Crippen molar-refractivity contribution in [3.63, 3.8) is 0 Å². The zero-order valence-electron chi connectivity index (χ0n) is 13.1. The third kappa shape index (κ3) is 4.97. The Morgan fingerprint density at radius 3 is 2.38 bits per heavy atom. The van der Waals surface area contributed by atoms with Gasteiger partial charge >= 0.3 is 11.8 Å². The van der Waals surface area contributed by atoms with Gasteiger partial charge in [0.2, 0.25) is 0 Å². The Hall–Kier alpha value is -1.14. The van der Waals surface area contributed by atoms with Crippen LogP contribution in [0.25, 0.3) is 0 Å². The van der Waals surface area contributed by atoms with Gasteiger partial charge in [0.05, 0.1) is 13.2 Å². The van der Waals surface area contributed by atoms with Crippen LogP contribution >= 0.6 is 0 Å². The van der Waals surface area contributed by atoms with E-state index in [9.17, 15) is 9.59 Å². The molecule has 120 valence electrons. The first kappa shape index (κ1) is 16.2. The summed E-state index contributed by atoms with van der Waals surface area (Å²) in [5.74, 6) is 0.0950. The lowest BCUT2D eigenvalue weighted by atomic mass is 9.92. The number of hydrogen-bond donors (Lipinski definition) is 1. The van der Waals surface area contributed by atoms with Gasteiger partial charge in [0.1, 0.15) is 0 Å². The normalized spacial score (nSPS) is 27.4. The largest absolute Gasteiger partial charge is 0.379 e.